The summed E-state index contributed by atoms with van der Waals surface area (Å²) in [5, 5.41) is 0. The highest BCUT2D eigenvalue weighted by Crippen LogP contribution is 2.27. The molecule has 1 unspecified atom stereocenters. The topological polar surface area (TPSA) is 26.3 Å². The number of aldehydes is 1. The second-order valence-corrected chi connectivity index (χ2v) is 2.49. The average molecular weight is 147 g/mol. The van der Waals surface area contributed by atoms with E-state index in [9.17, 15) is 4.79 Å². The Morgan fingerprint density at radius 1 is 1.73 bits per heavy atom. The van der Waals surface area contributed by atoms with Crippen molar-refractivity contribution >= 4 is 6.29 Å². The number of carbonyl (C=O) groups is 1. The first-order valence-corrected chi connectivity index (χ1v) is 3.47. The van der Waals surface area contributed by atoms with Gasteiger partial charge in [-0.3, -0.25) is 0 Å². The smallest absolute Gasteiger partial charge is 0.153 e. The highest BCUT2D eigenvalue weighted by Gasteiger charge is 2.21. The zero-order valence-corrected chi connectivity index (χ0v) is 5.91. The van der Waals surface area contributed by atoms with Crippen molar-refractivity contribution in [3.05, 3.63) is 35.4 Å². The van der Waals surface area contributed by atoms with Crippen LogP contribution in [0, 0.1) is 6.07 Å². The van der Waals surface area contributed by atoms with E-state index in [0.29, 0.717) is 6.61 Å². The van der Waals surface area contributed by atoms with Crippen LogP contribution in [0.4, 0.5) is 0 Å². The molecule has 0 saturated heterocycles. The molecular formula is C9H7O2. The molecule has 1 aromatic carbocycles. The predicted molar refractivity (Wildman–Crippen MR) is 38.9 cm³/mol. The molecule has 0 spiro atoms. The summed E-state index contributed by atoms with van der Waals surface area (Å²) in [7, 11) is 0. The number of hydrogen-bond donors (Lipinski definition) is 0. The van der Waals surface area contributed by atoms with Crippen LogP contribution in [0.5, 0.6) is 0 Å². The maximum Gasteiger partial charge on any atom is 0.153 e. The lowest BCUT2D eigenvalue weighted by molar-refractivity contribution is -0.117. The van der Waals surface area contributed by atoms with Gasteiger partial charge >= 0.3 is 0 Å². The second-order valence-electron chi connectivity index (χ2n) is 2.49. The number of rotatable bonds is 1. The highest BCUT2D eigenvalue weighted by molar-refractivity contribution is 5.62. The van der Waals surface area contributed by atoms with Crippen LogP contribution in [0.2, 0.25) is 0 Å². The molecule has 0 amide bonds. The molecule has 1 aliphatic rings. The van der Waals surface area contributed by atoms with Gasteiger partial charge in [-0.1, -0.05) is 12.1 Å². The summed E-state index contributed by atoms with van der Waals surface area (Å²) in [4.78, 5) is 10.4. The first-order valence-electron chi connectivity index (χ1n) is 3.47. The minimum atomic E-state index is -0.348. The van der Waals surface area contributed by atoms with Crippen LogP contribution in [-0.4, -0.2) is 6.29 Å². The van der Waals surface area contributed by atoms with E-state index in [2.05, 4.69) is 6.07 Å². The molecule has 2 nitrogen and oxygen atoms in total. The zero-order valence-electron chi connectivity index (χ0n) is 5.91. The first kappa shape index (κ1) is 6.55. The molecular weight excluding hydrogens is 140 g/mol. The van der Waals surface area contributed by atoms with Crippen LogP contribution >= 0.6 is 0 Å². The molecule has 2 rings (SSSR count). The van der Waals surface area contributed by atoms with Gasteiger partial charge in [-0.15, -0.1) is 0 Å². The normalized spacial score (nSPS) is 21.3. The third-order valence-corrected chi connectivity index (χ3v) is 1.84. The van der Waals surface area contributed by atoms with E-state index in [1.807, 2.05) is 12.1 Å². The van der Waals surface area contributed by atoms with Gasteiger partial charge in [-0.25, -0.2) is 0 Å². The Labute approximate surface area is 64.8 Å². The van der Waals surface area contributed by atoms with E-state index in [4.69, 9.17) is 4.74 Å². The molecule has 0 aliphatic carbocycles. The summed E-state index contributed by atoms with van der Waals surface area (Å²) in [6, 6.07) is 8.47. The number of benzene rings is 1. The van der Waals surface area contributed by atoms with Crippen molar-refractivity contribution in [2.24, 2.45) is 0 Å². The summed E-state index contributed by atoms with van der Waals surface area (Å²) in [6.45, 7) is 0.538. The Morgan fingerprint density at radius 3 is 3.45 bits per heavy atom. The van der Waals surface area contributed by atoms with Gasteiger partial charge in [-0.2, -0.15) is 0 Å². The van der Waals surface area contributed by atoms with E-state index < -0.39 is 0 Å². The molecule has 0 aromatic heterocycles. The Balaban J connectivity index is 2.46. The summed E-state index contributed by atoms with van der Waals surface area (Å²) in [5.74, 6) is 0. The molecule has 1 atom stereocenters. The van der Waals surface area contributed by atoms with Crippen LogP contribution in [0.1, 0.15) is 17.2 Å². The van der Waals surface area contributed by atoms with Gasteiger partial charge in [0.2, 0.25) is 0 Å². The molecule has 1 aliphatic heterocycles. The fraction of sp³-hybridized carbons (Fsp3) is 0.222. The lowest BCUT2D eigenvalue weighted by atomic mass is 10.1. The SMILES string of the molecule is O=CC1OCc2c[c]ccc21. The molecule has 0 fully saturated rings. The average Bonchev–Trinajstić information content (AvgIpc) is 2.47. The monoisotopic (exact) mass is 147 g/mol. The van der Waals surface area contributed by atoms with Gasteiger partial charge in [0.1, 0.15) is 6.10 Å². The number of hydrogen-bond acceptors (Lipinski definition) is 2. The van der Waals surface area contributed by atoms with Crippen LogP contribution in [0.3, 0.4) is 0 Å². The minimum Gasteiger partial charge on any atom is -0.361 e. The molecule has 0 saturated carbocycles. The van der Waals surface area contributed by atoms with Gasteiger partial charge in [0.05, 0.1) is 6.61 Å². The Hall–Kier alpha value is -1.15. The van der Waals surface area contributed by atoms with E-state index >= 15 is 0 Å². The van der Waals surface area contributed by atoms with Gasteiger partial charge in [0, 0.05) is 0 Å². The third kappa shape index (κ3) is 0.955. The molecule has 11 heavy (non-hydrogen) atoms. The summed E-state index contributed by atoms with van der Waals surface area (Å²) in [5.41, 5.74) is 2.06. The third-order valence-electron chi connectivity index (χ3n) is 1.84. The number of carbonyl (C=O) groups excluding carboxylic acids is 1. The summed E-state index contributed by atoms with van der Waals surface area (Å²) >= 11 is 0. The van der Waals surface area contributed by atoms with Crippen LogP contribution in [0.25, 0.3) is 0 Å². The van der Waals surface area contributed by atoms with Crippen molar-refractivity contribution < 1.29 is 9.53 Å². The van der Waals surface area contributed by atoms with Crippen molar-refractivity contribution in [3.63, 3.8) is 0 Å². The molecule has 1 heterocycles. The fourth-order valence-electron chi connectivity index (χ4n) is 1.26. The zero-order chi connectivity index (χ0) is 7.68. The minimum absolute atomic E-state index is 0.348. The van der Waals surface area contributed by atoms with E-state index in [1.165, 1.54) is 0 Å². The Bertz CT molecular complexity index is 281. The largest absolute Gasteiger partial charge is 0.361 e. The lowest BCUT2D eigenvalue weighted by Crippen LogP contribution is -1.95. The van der Waals surface area contributed by atoms with E-state index in [1.54, 1.807) is 6.07 Å². The molecule has 55 valence electrons. The number of ether oxygens (including phenoxy) is 1. The van der Waals surface area contributed by atoms with Crippen molar-refractivity contribution in [1.29, 1.82) is 0 Å². The van der Waals surface area contributed by atoms with Crippen LogP contribution in [0.15, 0.2) is 18.2 Å². The van der Waals surface area contributed by atoms with Crippen LogP contribution < -0.4 is 0 Å². The van der Waals surface area contributed by atoms with Crippen molar-refractivity contribution in [2.45, 2.75) is 12.7 Å². The maximum absolute atomic E-state index is 10.4. The molecule has 0 N–H and O–H groups in total. The first-order chi connectivity index (χ1) is 5.42. The van der Waals surface area contributed by atoms with Gasteiger partial charge in [0.15, 0.2) is 6.29 Å². The summed E-state index contributed by atoms with van der Waals surface area (Å²) < 4.78 is 5.18. The Morgan fingerprint density at radius 2 is 2.64 bits per heavy atom. The maximum atomic E-state index is 10.4. The van der Waals surface area contributed by atoms with Crippen molar-refractivity contribution in [2.75, 3.05) is 0 Å². The van der Waals surface area contributed by atoms with E-state index in [-0.39, 0.29) is 6.10 Å². The second kappa shape index (κ2) is 2.47. The van der Waals surface area contributed by atoms with Gasteiger partial charge in [-0.05, 0) is 23.3 Å². The van der Waals surface area contributed by atoms with Gasteiger partial charge in [0.25, 0.3) is 0 Å². The van der Waals surface area contributed by atoms with Crippen molar-refractivity contribution in [1.82, 2.24) is 0 Å². The Kier molecular flexibility index (Phi) is 1.47. The quantitative estimate of drug-likeness (QED) is 0.559. The fourth-order valence-corrected chi connectivity index (χ4v) is 1.26. The number of fused-ring (bicyclic) bond motifs is 1. The molecule has 0 bridgehead atoms. The highest BCUT2D eigenvalue weighted by atomic mass is 16.5. The molecule has 2 heteroatoms. The molecule has 1 aromatic rings. The lowest BCUT2D eigenvalue weighted by Gasteiger charge is -1.99. The van der Waals surface area contributed by atoms with Gasteiger partial charge < -0.3 is 9.53 Å². The summed E-state index contributed by atoms with van der Waals surface area (Å²) in [6.07, 6.45) is 0.478. The van der Waals surface area contributed by atoms with Crippen LogP contribution in [-0.2, 0) is 16.1 Å². The van der Waals surface area contributed by atoms with Crippen molar-refractivity contribution in [3.8, 4) is 0 Å². The van der Waals surface area contributed by atoms with E-state index in [0.717, 1.165) is 17.4 Å². The predicted octanol–water partition coefficient (Wildman–Crippen LogP) is 1.26. The standard InChI is InChI=1S/C9H7O2/c10-5-9-8-4-2-1-3-7(8)6-11-9/h2-5,9H,6H2. The molecule has 1 radical (unpaired) electrons.